The van der Waals surface area contributed by atoms with Crippen molar-refractivity contribution in [3.05, 3.63) is 68.2 Å². The second kappa shape index (κ2) is 6.70. The standard InChI is InChI=1S/C16H15BrN2O3/c1-10-8-13(17)9-14(19(21)22)15(10)18-16(20)11(2)12-6-4-3-5-7-12/h3-9,11H,1-2H3,(H,18,20)/t11-/m1/s1. The summed E-state index contributed by atoms with van der Waals surface area (Å²) in [4.78, 5) is 23.1. The zero-order valence-corrected chi connectivity index (χ0v) is 13.8. The van der Waals surface area contributed by atoms with E-state index in [0.717, 1.165) is 5.56 Å². The van der Waals surface area contributed by atoms with Gasteiger partial charge in [0.15, 0.2) is 0 Å². The Morgan fingerprint density at radius 3 is 2.50 bits per heavy atom. The van der Waals surface area contributed by atoms with Crippen LogP contribution in [0.4, 0.5) is 11.4 Å². The number of rotatable bonds is 4. The van der Waals surface area contributed by atoms with Gasteiger partial charge < -0.3 is 5.32 Å². The summed E-state index contributed by atoms with van der Waals surface area (Å²) < 4.78 is 0.603. The highest BCUT2D eigenvalue weighted by atomic mass is 79.9. The average molecular weight is 363 g/mol. The van der Waals surface area contributed by atoms with Crippen LogP contribution in [-0.4, -0.2) is 10.8 Å². The number of nitro groups is 1. The number of amides is 1. The lowest BCUT2D eigenvalue weighted by Crippen LogP contribution is -2.20. The van der Waals surface area contributed by atoms with Crippen molar-refractivity contribution < 1.29 is 9.72 Å². The number of hydrogen-bond acceptors (Lipinski definition) is 3. The van der Waals surface area contributed by atoms with Crippen LogP contribution in [0.2, 0.25) is 0 Å². The first-order valence-electron chi connectivity index (χ1n) is 6.70. The fourth-order valence-electron chi connectivity index (χ4n) is 2.16. The van der Waals surface area contributed by atoms with Crippen LogP contribution in [0.5, 0.6) is 0 Å². The number of anilines is 1. The van der Waals surface area contributed by atoms with Gasteiger partial charge in [0.2, 0.25) is 5.91 Å². The summed E-state index contributed by atoms with van der Waals surface area (Å²) in [6.45, 7) is 3.49. The Hall–Kier alpha value is -2.21. The van der Waals surface area contributed by atoms with E-state index in [2.05, 4.69) is 21.2 Å². The maximum Gasteiger partial charge on any atom is 0.294 e. The summed E-state index contributed by atoms with van der Waals surface area (Å²) in [5.41, 5.74) is 1.61. The molecule has 0 aliphatic rings. The topological polar surface area (TPSA) is 72.2 Å². The fourth-order valence-corrected chi connectivity index (χ4v) is 2.72. The minimum absolute atomic E-state index is 0.125. The fraction of sp³-hybridized carbons (Fsp3) is 0.188. The molecule has 0 aliphatic heterocycles. The smallest absolute Gasteiger partial charge is 0.294 e. The van der Waals surface area contributed by atoms with Gasteiger partial charge in [0, 0.05) is 10.5 Å². The minimum Gasteiger partial charge on any atom is -0.320 e. The molecule has 0 bridgehead atoms. The van der Waals surface area contributed by atoms with E-state index < -0.39 is 10.8 Å². The van der Waals surface area contributed by atoms with Crippen molar-refractivity contribution >= 4 is 33.2 Å². The molecule has 0 aromatic heterocycles. The summed E-state index contributed by atoms with van der Waals surface area (Å²) in [5, 5.41) is 13.9. The Morgan fingerprint density at radius 1 is 1.27 bits per heavy atom. The van der Waals surface area contributed by atoms with Gasteiger partial charge in [-0.05, 0) is 31.0 Å². The molecule has 6 heteroatoms. The van der Waals surface area contributed by atoms with Crippen molar-refractivity contribution in [3.63, 3.8) is 0 Å². The summed E-state index contributed by atoms with van der Waals surface area (Å²) >= 11 is 3.23. The molecule has 0 spiro atoms. The maximum atomic E-state index is 12.4. The first kappa shape index (κ1) is 16.2. The highest BCUT2D eigenvalue weighted by Crippen LogP contribution is 2.32. The number of carbonyl (C=O) groups is 1. The van der Waals surface area contributed by atoms with Gasteiger partial charge in [0.1, 0.15) is 5.69 Å². The van der Waals surface area contributed by atoms with Gasteiger partial charge in [-0.15, -0.1) is 0 Å². The second-order valence-corrected chi connectivity index (χ2v) is 5.91. The van der Waals surface area contributed by atoms with Gasteiger partial charge >= 0.3 is 0 Å². The van der Waals surface area contributed by atoms with Crippen molar-refractivity contribution in [2.75, 3.05) is 5.32 Å². The molecule has 0 saturated heterocycles. The largest absolute Gasteiger partial charge is 0.320 e. The number of nitrogens with zero attached hydrogens (tertiary/aromatic N) is 1. The first-order chi connectivity index (χ1) is 10.4. The van der Waals surface area contributed by atoms with Crippen LogP contribution in [0.25, 0.3) is 0 Å². The van der Waals surface area contributed by atoms with Crippen molar-refractivity contribution in [1.29, 1.82) is 0 Å². The van der Waals surface area contributed by atoms with E-state index in [9.17, 15) is 14.9 Å². The molecule has 2 aromatic carbocycles. The lowest BCUT2D eigenvalue weighted by molar-refractivity contribution is -0.384. The van der Waals surface area contributed by atoms with Crippen molar-refractivity contribution in [2.24, 2.45) is 0 Å². The third-order valence-electron chi connectivity index (χ3n) is 3.42. The molecule has 5 nitrogen and oxygen atoms in total. The highest BCUT2D eigenvalue weighted by molar-refractivity contribution is 9.10. The number of benzene rings is 2. The number of carbonyl (C=O) groups excluding carboxylic acids is 1. The Bertz CT molecular complexity index is 717. The van der Waals surface area contributed by atoms with Crippen LogP contribution in [0.1, 0.15) is 24.0 Å². The van der Waals surface area contributed by atoms with Crippen molar-refractivity contribution in [1.82, 2.24) is 0 Å². The minimum atomic E-state index is -0.499. The van der Waals surface area contributed by atoms with Crippen molar-refractivity contribution in [3.8, 4) is 0 Å². The summed E-state index contributed by atoms with van der Waals surface area (Å²) in [6, 6.07) is 12.4. The van der Waals surface area contributed by atoms with Crippen LogP contribution in [0, 0.1) is 17.0 Å². The van der Waals surface area contributed by atoms with Gasteiger partial charge in [-0.1, -0.05) is 46.3 Å². The Kier molecular flexibility index (Phi) is 4.92. The van der Waals surface area contributed by atoms with E-state index in [0.29, 0.717) is 10.0 Å². The molecule has 0 unspecified atom stereocenters. The summed E-state index contributed by atoms with van der Waals surface area (Å²) in [5.74, 6) is -0.677. The SMILES string of the molecule is Cc1cc(Br)cc([N+](=O)[O-])c1NC(=O)[C@H](C)c1ccccc1. The number of nitro benzene ring substituents is 1. The summed E-state index contributed by atoms with van der Waals surface area (Å²) in [7, 11) is 0. The molecule has 1 atom stereocenters. The second-order valence-electron chi connectivity index (χ2n) is 5.00. The van der Waals surface area contributed by atoms with Gasteiger partial charge in [0.25, 0.3) is 5.69 Å². The van der Waals surface area contributed by atoms with Crippen LogP contribution in [-0.2, 0) is 4.79 Å². The maximum absolute atomic E-state index is 12.4. The lowest BCUT2D eigenvalue weighted by atomic mass is 10.00. The van der Waals surface area contributed by atoms with Crippen LogP contribution < -0.4 is 5.32 Å². The molecular formula is C16H15BrN2O3. The van der Waals surface area contributed by atoms with Crippen LogP contribution in [0.3, 0.4) is 0 Å². The van der Waals surface area contributed by atoms with E-state index in [1.165, 1.54) is 6.07 Å². The van der Waals surface area contributed by atoms with Gasteiger partial charge in [-0.2, -0.15) is 0 Å². The predicted octanol–water partition coefficient (Wildman–Crippen LogP) is 4.41. The van der Waals surface area contributed by atoms with Gasteiger partial charge in [-0.3, -0.25) is 14.9 Å². The number of halogens is 1. The highest BCUT2D eigenvalue weighted by Gasteiger charge is 2.22. The Labute approximate surface area is 136 Å². The molecule has 0 heterocycles. The van der Waals surface area contributed by atoms with E-state index >= 15 is 0 Å². The number of aryl methyl sites for hydroxylation is 1. The Morgan fingerprint density at radius 2 is 1.91 bits per heavy atom. The summed E-state index contributed by atoms with van der Waals surface area (Å²) in [6.07, 6.45) is 0. The predicted molar refractivity (Wildman–Crippen MR) is 89.0 cm³/mol. The molecule has 2 rings (SSSR count). The molecule has 1 amide bonds. The first-order valence-corrected chi connectivity index (χ1v) is 7.49. The molecule has 2 aromatic rings. The Balaban J connectivity index is 2.31. The zero-order valence-electron chi connectivity index (χ0n) is 12.2. The molecule has 0 saturated carbocycles. The number of hydrogen-bond donors (Lipinski definition) is 1. The van der Waals surface area contributed by atoms with E-state index in [1.54, 1.807) is 19.9 Å². The third-order valence-corrected chi connectivity index (χ3v) is 3.88. The quantitative estimate of drug-likeness (QED) is 0.646. The molecule has 22 heavy (non-hydrogen) atoms. The molecule has 114 valence electrons. The van der Waals surface area contributed by atoms with Gasteiger partial charge in [-0.25, -0.2) is 0 Å². The normalized spacial score (nSPS) is 11.8. The van der Waals surface area contributed by atoms with E-state index in [1.807, 2.05) is 30.3 Å². The van der Waals surface area contributed by atoms with Gasteiger partial charge in [0.05, 0.1) is 10.8 Å². The number of nitrogens with one attached hydrogen (secondary N) is 1. The van der Waals surface area contributed by atoms with Crippen molar-refractivity contribution in [2.45, 2.75) is 19.8 Å². The third kappa shape index (κ3) is 3.51. The van der Waals surface area contributed by atoms with Crippen LogP contribution >= 0.6 is 15.9 Å². The lowest BCUT2D eigenvalue weighted by Gasteiger charge is -2.14. The van der Waals surface area contributed by atoms with Crippen LogP contribution in [0.15, 0.2) is 46.9 Å². The molecule has 0 fully saturated rings. The van der Waals surface area contributed by atoms with E-state index in [4.69, 9.17) is 0 Å². The molecule has 0 radical (unpaired) electrons. The van der Waals surface area contributed by atoms with E-state index in [-0.39, 0.29) is 17.3 Å². The molecule has 1 N–H and O–H groups in total. The molecular weight excluding hydrogens is 348 g/mol. The zero-order chi connectivity index (χ0) is 16.3. The monoisotopic (exact) mass is 362 g/mol. The average Bonchev–Trinajstić information content (AvgIpc) is 2.49. The molecule has 0 aliphatic carbocycles.